The van der Waals surface area contributed by atoms with E-state index in [0.29, 0.717) is 0 Å². The molecule has 0 amide bonds. The zero-order valence-electron chi connectivity index (χ0n) is 9.58. The first-order valence-electron chi connectivity index (χ1n) is 5.58. The van der Waals surface area contributed by atoms with Crippen LogP contribution in [0, 0.1) is 0 Å². The molecule has 0 bridgehead atoms. The molecule has 0 rings (SSSR count). The van der Waals surface area contributed by atoms with E-state index in [0.717, 1.165) is 19.4 Å². The number of rotatable bonds is 9. The average Bonchev–Trinajstić information content (AvgIpc) is 2.31. The normalized spacial score (nSPS) is 19.1. The molecule has 0 saturated heterocycles. The molecule has 16 heavy (non-hydrogen) atoms. The number of unbranched alkanes of at least 4 members (excludes halogenated alkanes) is 1. The van der Waals surface area contributed by atoms with Crippen LogP contribution in [0.3, 0.4) is 0 Å². The van der Waals surface area contributed by atoms with Crippen LogP contribution in [-0.4, -0.2) is 69.6 Å². The van der Waals surface area contributed by atoms with Crippen LogP contribution in [0.1, 0.15) is 19.8 Å². The highest BCUT2D eigenvalue weighted by Gasteiger charge is 2.29. The Hall–Kier alpha value is -0.240. The fourth-order valence-electron chi connectivity index (χ4n) is 1.24. The SMILES string of the molecule is CCCCNCC(O)C(O)C(O)C(O)CO. The lowest BCUT2D eigenvalue weighted by Crippen LogP contribution is -2.49. The molecule has 4 atom stereocenters. The number of hydrogen-bond acceptors (Lipinski definition) is 6. The molecule has 4 unspecified atom stereocenters. The van der Waals surface area contributed by atoms with Gasteiger partial charge in [-0.1, -0.05) is 13.3 Å². The lowest BCUT2D eigenvalue weighted by Gasteiger charge is -2.25. The highest BCUT2D eigenvalue weighted by Crippen LogP contribution is 2.04. The van der Waals surface area contributed by atoms with Crippen molar-refractivity contribution in [1.82, 2.24) is 5.32 Å². The van der Waals surface area contributed by atoms with E-state index < -0.39 is 31.0 Å². The van der Waals surface area contributed by atoms with Crippen molar-refractivity contribution in [2.75, 3.05) is 19.7 Å². The van der Waals surface area contributed by atoms with E-state index in [-0.39, 0.29) is 6.54 Å². The van der Waals surface area contributed by atoms with Crippen LogP contribution in [0.4, 0.5) is 0 Å². The standard InChI is InChI=1S/C10H23NO5/c1-2-3-4-11-5-7(13)9(15)10(16)8(14)6-12/h7-16H,2-6H2,1H3. The van der Waals surface area contributed by atoms with E-state index in [2.05, 4.69) is 5.32 Å². The van der Waals surface area contributed by atoms with Crippen LogP contribution in [-0.2, 0) is 0 Å². The molecule has 6 nitrogen and oxygen atoms in total. The molecule has 0 aromatic carbocycles. The highest BCUT2D eigenvalue weighted by atomic mass is 16.4. The van der Waals surface area contributed by atoms with Crippen molar-refractivity contribution in [3.63, 3.8) is 0 Å². The fourth-order valence-corrected chi connectivity index (χ4v) is 1.24. The highest BCUT2D eigenvalue weighted by molar-refractivity contribution is 4.81. The third-order valence-corrected chi connectivity index (χ3v) is 2.39. The summed E-state index contributed by atoms with van der Waals surface area (Å²) in [6.07, 6.45) is -3.65. The summed E-state index contributed by atoms with van der Waals surface area (Å²) in [6, 6.07) is 0. The van der Waals surface area contributed by atoms with Crippen LogP contribution in [0.25, 0.3) is 0 Å². The largest absolute Gasteiger partial charge is 0.394 e. The summed E-state index contributed by atoms with van der Waals surface area (Å²) >= 11 is 0. The number of aliphatic hydroxyl groups is 5. The van der Waals surface area contributed by atoms with Crippen molar-refractivity contribution < 1.29 is 25.5 Å². The van der Waals surface area contributed by atoms with Gasteiger partial charge in [-0.25, -0.2) is 0 Å². The topological polar surface area (TPSA) is 113 Å². The monoisotopic (exact) mass is 237 g/mol. The Bertz CT molecular complexity index is 169. The molecule has 0 spiro atoms. The summed E-state index contributed by atoms with van der Waals surface area (Å²) in [5.41, 5.74) is 0. The average molecular weight is 237 g/mol. The predicted molar refractivity (Wildman–Crippen MR) is 58.9 cm³/mol. The van der Waals surface area contributed by atoms with Gasteiger partial charge < -0.3 is 30.8 Å². The minimum atomic E-state index is -1.55. The summed E-state index contributed by atoms with van der Waals surface area (Å²) in [5.74, 6) is 0. The fraction of sp³-hybridized carbons (Fsp3) is 1.00. The van der Waals surface area contributed by atoms with Gasteiger partial charge >= 0.3 is 0 Å². The molecule has 0 aromatic heterocycles. The van der Waals surface area contributed by atoms with Crippen molar-refractivity contribution in [1.29, 1.82) is 0 Å². The molecule has 6 N–H and O–H groups in total. The van der Waals surface area contributed by atoms with Gasteiger partial charge in [0, 0.05) is 6.54 Å². The van der Waals surface area contributed by atoms with Crippen molar-refractivity contribution >= 4 is 0 Å². The Morgan fingerprint density at radius 2 is 1.56 bits per heavy atom. The van der Waals surface area contributed by atoms with Gasteiger partial charge in [0.1, 0.15) is 18.3 Å². The van der Waals surface area contributed by atoms with Crippen LogP contribution in [0.5, 0.6) is 0 Å². The molecular weight excluding hydrogens is 214 g/mol. The maximum Gasteiger partial charge on any atom is 0.111 e. The smallest absolute Gasteiger partial charge is 0.111 e. The first-order valence-corrected chi connectivity index (χ1v) is 5.58. The van der Waals surface area contributed by atoms with Crippen LogP contribution < -0.4 is 5.32 Å². The molecular formula is C10H23NO5. The molecule has 6 heteroatoms. The second-order valence-corrected chi connectivity index (χ2v) is 3.86. The van der Waals surface area contributed by atoms with E-state index >= 15 is 0 Å². The molecule has 0 radical (unpaired) electrons. The summed E-state index contributed by atoms with van der Waals surface area (Å²) in [7, 11) is 0. The summed E-state index contributed by atoms with van der Waals surface area (Å²) in [4.78, 5) is 0. The first-order chi connectivity index (χ1) is 7.54. The van der Waals surface area contributed by atoms with Crippen LogP contribution in [0.2, 0.25) is 0 Å². The molecule has 0 aliphatic rings. The first kappa shape index (κ1) is 15.8. The number of aliphatic hydroxyl groups excluding tert-OH is 5. The van der Waals surface area contributed by atoms with Gasteiger partial charge in [-0.3, -0.25) is 0 Å². The van der Waals surface area contributed by atoms with E-state index in [1.165, 1.54) is 0 Å². The third kappa shape index (κ3) is 5.74. The Labute approximate surface area is 95.5 Å². The zero-order valence-corrected chi connectivity index (χ0v) is 9.58. The molecule has 0 aliphatic heterocycles. The quantitative estimate of drug-likeness (QED) is 0.254. The van der Waals surface area contributed by atoms with Crippen molar-refractivity contribution in [3.8, 4) is 0 Å². The second-order valence-electron chi connectivity index (χ2n) is 3.86. The Kier molecular flexibility index (Phi) is 8.73. The van der Waals surface area contributed by atoms with E-state index in [4.69, 9.17) is 10.2 Å². The number of nitrogens with one attached hydrogen (secondary N) is 1. The maximum absolute atomic E-state index is 9.47. The van der Waals surface area contributed by atoms with Crippen molar-refractivity contribution in [2.24, 2.45) is 0 Å². The number of hydrogen-bond donors (Lipinski definition) is 6. The van der Waals surface area contributed by atoms with Crippen molar-refractivity contribution in [2.45, 2.75) is 44.2 Å². The van der Waals surface area contributed by atoms with Gasteiger partial charge in [-0.2, -0.15) is 0 Å². The molecule has 0 heterocycles. The maximum atomic E-state index is 9.47. The minimum Gasteiger partial charge on any atom is -0.394 e. The summed E-state index contributed by atoms with van der Waals surface area (Å²) in [5, 5.41) is 48.8. The van der Waals surface area contributed by atoms with E-state index in [1.807, 2.05) is 6.92 Å². The molecule has 98 valence electrons. The summed E-state index contributed by atoms with van der Waals surface area (Å²) in [6.45, 7) is 2.23. The van der Waals surface area contributed by atoms with Gasteiger partial charge in [-0.05, 0) is 13.0 Å². The lowest BCUT2D eigenvalue weighted by atomic mass is 10.0. The Morgan fingerprint density at radius 1 is 1.00 bits per heavy atom. The minimum absolute atomic E-state index is 0.135. The van der Waals surface area contributed by atoms with Gasteiger partial charge in [0.15, 0.2) is 0 Å². The van der Waals surface area contributed by atoms with Crippen LogP contribution >= 0.6 is 0 Å². The van der Waals surface area contributed by atoms with Crippen molar-refractivity contribution in [3.05, 3.63) is 0 Å². The Balaban J connectivity index is 3.83. The van der Waals surface area contributed by atoms with E-state index in [9.17, 15) is 15.3 Å². The molecule has 0 aromatic rings. The van der Waals surface area contributed by atoms with E-state index in [1.54, 1.807) is 0 Å². The predicted octanol–water partition coefficient (Wildman–Crippen LogP) is -2.19. The van der Waals surface area contributed by atoms with Gasteiger partial charge in [-0.15, -0.1) is 0 Å². The molecule has 0 aliphatic carbocycles. The summed E-state index contributed by atoms with van der Waals surface area (Å²) < 4.78 is 0. The molecule has 0 saturated carbocycles. The van der Waals surface area contributed by atoms with Crippen LogP contribution in [0.15, 0.2) is 0 Å². The second kappa shape index (κ2) is 8.86. The Morgan fingerprint density at radius 3 is 2.06 bits per heavy atom. The zero-order chi connectivity index (χ0) is 12.6. The van der Waals surface area contributed by atoms with Gasteiger partial charge in [0.2, 0.25) is 0 Å². The van der Waals surface area contributed by atoms with Gasteiger partial charge in [0.05, 0.1) is 12.7 Å². The van der Waals surface area contributed by atoms with Gasteiger partial charge in [0.25, 0.3) is 0 Å². The lowest BCUT2D eigenvalue weighted by molar-refractivity contribution is -0.113. The third-order valence-electron chi connectivity index (χ3n) is 2.39. The molecule has 0 fully saturated rings.